The maximum Gasteiger partial charge on any atom is 0.119 e. The van der Waals surface area contributed by atoms with Crippen molar-refractivity contribution in [2.45, 2.75) is 39.8 Å². The molecule has 28 heavy (non-hydrogen) atoms. The SMILES string of the molecule is CCOC(CCN)c1ccc(OCCn2c(C)ccc2-c2ccc(C)s2)cc1. The van der Waals surface area contributed by atoms with Gasteiger partial charge in [0.2, 0.25) is 0 Å². The first kappa shape index (κ1) is 20.6. The maximum absolute atomic E-state index is 6.00. The molecule has 0 radical (unpaired) electrons. The summed E-state index contributed by atoms with van der Waals surface area (Å²) >= 11 is 1.83. The monoisotopic (exact) mass is 398 g/mol. The summed E-state index contributed by atoms with van der Waals surface area (Å²) < 4.78 is 14.1. The standard InChI is InChI=1S/C23H30N2O2S/c1-4-26-22(13-14-24)19-7-9-20(10-8-19)27-16-15-25-17(2)5-11-21(25)23-12-6-18(3)28-23/h5-12,22H,4,13-16,24H2,1-3H3. The van der Waals surface area contributed by atoms with Crippen LogP contribution in [0.15, 0.2) is 48.5 Å². The van der Waals surface area contributed by atoms with Crippen LogP contribution >= 0.6 is 11.3 Å². The van der Waals surface area contributed by atoms with Crippen molar-refractivity contribution in [1.29, 1.82) is 0 Å². The Balaban J connectivity index is 1.61. The van der Waals surface area contributed by atoms with Crippen LogP contribution in [-0.4, -0.2) is 24.3 Å². The summed E-state index contributed by atoms with van der Waals surface area (Å²) in [4.78, 5) is 2.63. The molecule has 5 heteroatoms. The molecule has 4 nitrogen and oxygen atoms in total. The topological polar surface area (TPSA) is 49.4 Å². The summed E-state index contributed by atoms with van der Waals surface area (Å²) in [5.74, 6) is 0.880. The summed E-state index contributed by atoms with van der Waals surface area (Å²) in [5, 5.41) is 0. The van der Waals surface area contributed by atoms with Crippen molar-refractivity contribution < 1.29 is 9.47 Å². The van der Waals surface area contributed by atoms with Crippen molar-refractivity contribution in [1.82, 2.24) is 4.57 Å². The highest BCUT2D eigenvalue weighted by Crippen LogP contribution is 2.29. The fourth-order valence-electron chi connectivity index (χ4n) is 3.39. The van der Waals surface area contributed by atoms with Gasteiger partial charge in [-0.15, -0.1) is 11.3 Å². The van der Waals surface area contributed by atoms with E-state index in [1.807, 2.05) is 30.4 Å². The average Bonchev–Trinajstić information content (AvgIpc) is 3.28. The second kappa shape index (κ2) is 9.92. The third-order valence-electron chi connectivity index (χ3n) is 4.82. The molecule has 1 unspecified atom stereocenters. The Bertz CT molecular complexity index is 861. The summed E-state index contributed by atoms with van der Waals surface area (Å²) in [7, 11) is 0. The lowest BCUT2D eigenvalue weighted by Gasteiger charge is -2.17. The molecule has 2 N–H and O–H groups in total. The van der Waals surface area contributed by atoms with E-state index in [0.717, 1.165) is 24.3 Å². The molecule has 150 valence electrons. The Hall–Kier alpha value is -2.08. The number of rotatable bonds is 10. The average molecular weight is 399 g/mol. The Kier molecular flexibility index (Phi) is 7.31. The summed E-state index contributed by atoms with van der Waals surface area (Å²) in [6, 6.07) is 16.9. The third-order valence-corrected chi connectivity index (χ3v) is 5.85. The first-order valence-corrected chi connectivity index (χ1v) is 10.7. The summed E-state index contributed by atoms with van der Waals surface area (Å²) in [5.41, 5.74) is 9.36. The van der Waals surface area contributed by atoms with Gasteiger partial charge in [0, 0.05) is 17.2 Å². The smallest absolute Gasteiger partial charge is 0.119 e. The van der Waals surface area contributed by atoms with Gasteiger partial charge < -0.3 is 19.8 Å². The predicted octanol–water partition coefficient (Wildman–Crippen LogP) is 5.34. The number of hydrogen-bond acceptors (Lipinski definition) is 4. The van der Waals surface area contributed by atoms with Gasteiger partial charge in [0.1, 0.15) is 12.4 Å². The largest absolute Gasteiger partial charge is 0.492 e. The van der Waals surface area contributed by atoms with Gasteiger partial charge in [-0.3, -0.25) is 0 Å². The Labute approximate surface area is 171 Å². The molecule has 3 rings (SSSR count). The minimum atomic E-state index is 0.0587. The van der Waals surface area contributed by atoms with Crippen molar-refractivity contribution in [3.05, 3.63) is 64.7 Å². The van der Waals surface area contributed by atoms with Crippen LogP contribution in [0.25, 0.3) is 10.6 Å². The van der Waals surface area contributed by atoms with Crippen LogP contribution in [0.3, 0.4) is 0 Å². The highest BCUT2D eigenvalue weighted by Gasteiger charge is 2.11. The van der Waals surface area contributed by atoms with Gasteiger partial charge in [0.15, 0.2) is 0 Å². The molecule has 0 amide bonds. The van der Waals surface area contributed by atoms with Gasteiger partial charge in [-0.05, 0) is 75.7 Å². The van der Waals surface area contributed by atoms with Crippen molar-refractivity contribution in [3.8, 4) is 16.3 Å². The van der Waals surface area contributed by atoms with Crippen LogP contribution in [0.4, 0.5) is 0 Å². The Morgan fingerprint density at radius 3 is 2.46 bits per heavy atom. The lowest BCUT2D eigenvalue weighted by molar-refractivity contribution is 0.0580. The molecule has 1 aromatic carbocycles. The zero-order chi connectivity index (χ0) is 19.9. The van der Waals surface area contributed by atoms with Gasteiger partial charge in [0.25, 0.3) is 0 Å². The van der Waals surface area contributed by atoms with E-state index in [0.29, 0.717) is 19.8 Å². The van der Waals surface area contributed by atoms with Crippen molar-refractivity contribution in [3.63, 3.8) is 0 Å². The Morgan fingerprint density at radius 2 is 1.82 bits per heavy atom. The molecule has 0 saturated heterocycles. The van der Waals surface area contributed by atoms with Crippen LogP contribution < -0.4 is 10.5 Å². The molecule has 0 bridgehead atoms. The van der Waals surface area contributed by atoms with E-state index >= 15 is 0 Å². The molecule has 0 spiro atoms. The minimum absolute atomic E-state index is 0.0587. The fraction of sp³-hybridized carbons (Fsp3) is 0.391. The van der Waals surface area contributed by atoms with Crippen molar-refractivity contribution in [2.24, 2.45) is 5.73 Å². The molecule has 0 aliphatic rings. The van der Waals surface area contributed by atoms with Crippen LogP contribution in [0.2, 0.25) is 0 Å². The third kappa shape index (κ3) is 5.04. The predicted molar refractivity (Wildman–Crippen MR) is 117 cm³/mol. The van der Waals surface area contributed by atoms with E-state index in [2.05, 4.69) is 54.8 Å². The van der Waals surface area contributed by atoms with Crippen LogP contribution in [0.1, 0.15) is 35.6 Å². The highest BCUT2D eigenvalue weighted by molar-refractivity contribution is 7.15. The zero-order valence-electron chi connectivity index (χ0n) is 17.0. The molecule has 3 aromatic rings. The van der Waals surface area contributed by atoms with Crippen LogP contribution in [0.5, 0.6) is 5.75 Å². The first-order chi connectivity index (χ1) is 13.6. The van der Waals surface area contributed by atoms with Gasteiger partial charge in [-0.25, -0.2) is 0 Å². The van der Waals surface area contributed by atoms with E-state index in [4.69, 9.17) is 15.2 Å². The summed E-state index contributed by atoms with van der Waals surface area (Å²) in [6.45, 7) is 9.05. The lowest BCUT2D eigenvalue weighted by atomic mass is 10.1. The first-order valence-electron chi connectivity index (χ1n) is 9.89. The van der Waals surface area contributed by atoms with Crippen LogP contribution in [0, 0.1) is 13.8 Å². The van der Waals surface area contributed by atoms with E-state index in [9.17, 15) is 0 Å². The van der Waals surface area contributed by atoms with Gasteiger partial charge in [-0.1, -0.05) is 12.1 Å². The molecular formula is C23H30N2O2S. The molecule has 0 aliphatic heterocycles. The van der Waals surface area contributed by atoms with Crippen molar-refractivity contribution >= 4 is 11.3 Å². The highest BCUT2D eigenvalue weighted by atomic mass is 32.1. The van der Waals surface area contributed by atoms with Crippen LogP contribution in [-0.2, 0) is 11.3 Å². The lowest BCUT2D eigenvalue weighted by Crippen LogP contribution is -2.11. The number of aryl methyl sites for hydroxylation is 2. The van der Waals surface area contributed by atoms with E-state index in [-0.39, 0.29) is 6.10 Å². The number of aromatic nitrogens is 1. The minimum Gasteiger partial charge on any atom is -0.492 e. The number of ether oxygens (including phenoxy) is 2. The fourth-order valence-corrected chi connectivity index (χ4v) is 4.29. The molecular weight excluding hydrogens is 368 g/mol. The molecule has 2 heterocycles. The van der Waals surface area contributed by atoms with Crippen molar-refractivity contribution in [2.75, 3.05) is 19.8 Å². The molecule has 0 aliphatic carbocycles. The van der Waals surface area contributed by atoms with E-state index in [1.54, 1.807) is 0 Å². The van der Waals surface area contributed by atoms with Gasteiger partial charge in [0.05, 0.1) is 23.2 Å². The number of hydrogen-bond donors (Lipinski definition) is 1. The van der Waals surface area contributed by atoms with E-state index < -0.39 is 0 Å². The second-order valence-electron chi connectivity index (χ2n) is 6.86. The normalized spacial score (nSPS) is 12.3. The Morgan fingerprint density at radius 1 is 1.04 bits per heavy atom. The van der Waals surface area contributed by atoms with Gasteiger partial charge in [-0.2, -0.15) is 0 Å². The molecule has 0 saturated carbocycles. The molecule has 1 atom stereocenters. The molecule has 0 fully saturated rings. The zero-order valence-corrected chi connectivity index (χ0v) is 17.8. The second-order valence-corrected chi connectivity index (χ2v) is 8.15. The number of nitrogens with two attached hydrogens (primary N) is 1. The molecule has 2 aromatic heterocycles. The maximum atomic E-state index is 6.00. The summed E-state index contributed by atoms with van der Waals surface area (Å²) in [6.07, 6.45) is 0.884. The van der Waals surface area contributed by atoms with Gasteiger partial charge >= 0.3 is 0 Å². The number of nitrogens with zero attached hydrogens (tertiary/aromatic N) is 1. The number of benzene rings is 1. The quantitative estimate of drug-likeness (QED) is 0.501. The van der Waals surface area contributed by atoms with E-state index in [1.165, 1.54) is 21.1 Å². The number of thiophene rings is 1.